The molecule has 1 aliphatic carbocycles. The highest BCUT2D eigenvalue weighted by molar-refractivity contribution is 5.90. The topological polar surface area (TPSA) is 74.4 Å². The summed E-state index contributed by atoms with van der Waals surface area (Å²) in [6.07, 6.45) is 2.23. The molecule has 0 aromatic carbocycles. The van der Waals surface area contributed by atoms with E-state index in [4.69, 9.17) is 4.74 Å². The lowest BCUT2D eigenvalue weighted by Gasteiger charge is -2.49. The molecule has 0 amide bonds. The zero-order valence-electron chi connectivity index (χ0n) is 11.0. The van der Waals surface area contributed by atoms with Crippen molar-refractivity contribution in [2.24, 2.45) is 5.41 Å². The first-order valence-electron chi connectivity index (χ1n) is 6.13. The van der Waals surface area contributed by atoms with Gasteiger partial charge in [-0.3, -0.25) is 0 Å². The molecule has 0 saturated heterocycles. The van der Waals surface area contributed by atoms with E-state index in [1.54, 1.807) is 12.3 Å². The van der Waals surface area contributed by atoms with Crippen LogP contribution in [0.3, 0.4) is 0 Å². The first kappa shape index (κ1) is 13.1. The number of methoxy groups -OCH3 is 1. The Labute approximate surface area is 107 Å². The van der Waals surface area contributed by atoms with Gasteiger partial charge in [0, 0.05) is 29.9 Å². The highest BCUT2D eigenvalue weighted by Crippen LogP contribution is 2.40. The van der Waals surface area contributed by atoms with Crippen LogP contribution in [0, 0.1) is 5.41 Å². The van der Waals surface area contributed by atoms with Gasteiger partial charge in [-0.15, -0.1) is 0 Å². The van der Waals surface area contributed by atoms with Gasteiger partial charge in [-0.05, 0) is 12.5 Å². The number of rotatable bonds is 4. The molecule has 0 aliphatic heterocycles. The van der Waals surface area contributed by atoms with Crippen LogP contribution in [-0.4, -0.2) is 35.3 Å². The number of aliphatic hydroxyl groups is 1. The average molecular weight is 252 g/mol. The van der Waals surface area contributed by atoms with Gasteiger partial charge in [0.1, 0.15) is 0 Å². The second-order valence-electron chi connectivity index (χ2n) is 5.37. The molecular formula is C13H20N2O3. The number of nitrogens with one attached hydrogen (secondary N) is 2. The van der Waals surface area contributed by atoms with Crippen LogP contribution in [0.4, 0.5) is 0 Å². The number of aromatic amines is 1. The van der Waals surface area contributed by atoms with Gasteiger partial charge in [0.25, 0.3) is 0 Å². The third kappa shape index (κ3) is 2.15. The second kappa shape index (κ2) is 4.74. The zero-order chi connectivity index (χ0) is 13.3. The highest BCUT2D eigenvalue weighted by Gasteiger charge is 2.46. The molecule has 1 fully saturated rings. The summed E-state index contributed by atoms with van der Waals surface area (Å²) in [5, 5.41) is 13.0. The van der Waals surface area contributed by atoms with Crippen LogP contribution >= 0.6 is 0 Å². The lowest BCUT2D eigenvalue weighted by Crippen LogP contribution is -2.59. The van der Waals surface area contributed by atoms with Gasteiger partial charge in [-0.2, -0.15) is 0 Å². The molecule has 1 aromatic rings. The van der Waals surface area contributed by atoms with Crippen molar-refractivity contribution < 1.29 is 14.6 Å². The number of hydrogen-bond donors (Lipinski definition) is 3. The van der Waals surface area contributed by atoms with Crippen LogP contribution < -0.4 is 5.32 Å². The minimum absolute atomic E-state index is 0.113. The van der Waals surface area contributed by atoms with Gasteiger partial charge in [0.15, 0.2) is 0 Å². The lowest BCUT2D eigenvalue weighted by molar-refractivity contribution is -0.0730. The number of hydrogen-bond acceptors (Lipinski definition) is 4. The monoisotopic (exact) mass is 252 g/mol. The zero-order valence-corrected chi connectivity index (χ0v) is 11.0. The third-order valence-electron chi connectivity index (χ3n) is 3.98. The first-order chi connectivity index (χ1) is 8.46. The van der Waals surface area contributed by atoms with E-state index in [2.05, 4.69) is 10.3 Å². The van der Waals surface area contributed by atoms with Crippen molar-refractivity contribution in [2.45, 2.75) is 39.0 Å². The van der Waals surface area contributed by atoms with Gasteiger partial charge >= 0.3 is 5.97 Å². The van der Waals surface area contributed by atoms with Gasteiger partial charge in [0.05, 0.1) is 18.8 Å². The Bertz CT molecular complexity index is 439. The van der Waals surface area contributed by atoms with Crippen LogP contribution in [0.15, 0.2) is 12.3 Å². The fourth-order valence-electron chi connectivity index (χ4n) is 2.33. The number of esters is 1. The first-order valence-corrected chi connectivity index (χ1v) is 6.13. The van der Waals surface area contributed by atoms with E-state index in [1.165, 1.54) is 7.11 Å². The van der Waals surface area contributed by atoms with E-state index >= 15 is 0 Å². The maximum Gasteiger partial charge on any atom is 0.339 e. The SMILES string of the molecule is COC(=O)c1cc[nH]c1CNC1CC(O)C1(C)C. The summed E-state index contributed by atoms with van der Waals surface area (Å²) in [6, 6.07) is 1.98. The van der Waals surface area contributed by atoms with E-state index in [0.717, 1.165) is 12.1 Å². The fraction of sp³-hybridized carbons (Fsp3) is 0.615. The van der Waals surface area contributed by atoms with Gasteiger partial charge in [-0.1, -0.05) is 13.8 Å². The molecule has 0 bridgehead atoms. The van der Waals surface area contributed by atoms with Crippen LogP contribution in [0.25, 0.3) is 0 Å². The smallest absolute Gasteiger partial charge is 0.339 e. The Morgan fingerprint density at radius 3 is 2.94 bits per heavy atom. The molecule has 100 valence electrons. The lowest BCUT2D eigenvalue weighted by atomic mass is 9.64. The molecule has 0 spiro atoms. The molecule has 2 atom stereocenters. The van der Waals surface area contributed by atoms with Gasteiger partial charge < -0.3 is 20.1 Å². The van der Waals surface area contributed by atoms with Gasteiger partial charge in [0.2, 0.25) is 0 Å². The quantitative estimate of drug-likeness (QED) is 0.700. The van der Waals surface area contributed by atoms with Crippen molar-refractivity contribution in [3.8, 4) is 0 Å². The largest absolute Gasteiger partial charge is 0.465 e. The van der Waals surface area contributed by atoms with Crippen molar-refractivity contribution >= 4 is 5.97 Å². The molecule has 5 heteroatoms. The minimum atomic E-state index is -0.332. The fourth-order valence-corrected chi connectivity index (χ4v) is 2.33. The van der Waals surface area contributed by atoms with E-state index in [9.17, 15) is 9.90 Å². The van der Waals surface area contributed by atoms with Crippen LogP contribution in [0.5, 0.6) is 0 Å². The van der Waals surface area contributed by atoms with Crippen molar-refractivity contribution in [3.63, 3.8) is 0 Å². The maximum absolute atomic E-state index is 11.5. The molecule has 18 heavy (non-hydrogen) atoms. The number of carbonyl (C=O) groups excluding carboxylic acids is 1. The summed E-state index contributed by atoms with van der Waals surface area (Å²) in [5.41, 5.74) is 1.26. The number of ether oxygens (including phenoxy) is 1. The third-order valence-corrected chi connectivity index (χ3v) is 3.98. The molecule has 1 heterocycles. The number of aliphatic hydroxyl groups excluding tert-OH is 1. The molecule has 2 rings (SSSR count). The van der Waals surface area contributed by atoms with E-state index < -0.39 is 0 Å². The second-order valence-corrected chi connectivity index (χ2v) is 5.37. The predicted molar refractivity (Wildman–Crippen MR) is 67.2 cm³/mol. The molecule has 1 aromatic heterocycles. The summed E-state index contributed by atoms with van der Waals surface area (Å²) in [4.78, 5) is 14.5. The summed E-state index contributed by atoms with van der Waals surface area (Å²) >= 11 is 0. The van der Waals surface area contributed by atoms with Crippen molar-refractivity contribution in [1.82, 2.24) is 10.3 Å². The average Bonchev–Trinajstić information content (AvgIpc) is 2.81. The number of carbonyl (C=O) groups is 1. The summed E-state index contributed by atoms with van der Waals surface area (Å²) in [7, 11) is 1.37. The van der Waals surface area contributed by atoms with Crippen molar-refractivity contribution in [2.75, 3.05) is 7.11 Å². The Morgan fingerprint density at radius 1 is 1.67 bits per heavy atom. The number of H-pyrrole nitrogens is 1. The summed E-state index contributed by atoms with van der Waals surface area (Å²) < 4.78 is 4.71. The molecule has 1 saturated carbocycles. The molecule has 0 radical (unpaired) electrons. The molecule has 3 N–H and O–H groups in total. The standard InChI is InChI=1S/C13H20N2O3/c1-13(2)10(6-11(13)16)15-7-9-8(4-5-14-9)12(17)18-3/h4-5,10-11,14-16H,6-7H2,1-3H3. The number of aromatic nitrogens is 1. The predicted octanol–water partition coefficient (Wildman–Crippen LogP) is 1.05. The Morgan fingerprint density at radius 2 is 2.39 bits per heavy atom. The molecule has 1 aliphatic rings. The molecule has 5 nitrogen and oxygen atoms in total. The Hall–Kier alpha value is -1.33. The Kier molecular flexibility index (Phi) is 3.45. The van der Waals surface area contributed by atoms with E-state index in [-0.39, 0.29) is 23.5 Å². The Balaban J connectivity index is 1.96. The van der Waals surface area contributed by atoms with E-state index in [1.807, 2.05) is 13.8 Å². The summed E-state index contributed by atoms with van der Waals surface area (Å²) in [6.45, 7) is 4.64. The van der Waals surface area contributed by atoms with Gasteiger partial charge in [-0.25, -0.2) is 4.79 Å². The minimum Gasteiger partial charge on any atom is -0.465 e. The van der Waals surface area contributed by atoms with Crippen molar-refractivity contribution in [3.05, 3.63) is 23.5 Å². The van der Waals surface area contributed by atoms with Crippen LogP contribution in [-0.2, 0) is 11.3 Å². The normalized spacial score (nSPS) is 25.6. The molecular weight excluding hydrogens is 232 g/mol. The van der Waals surface area contributed by atoms with E-state index in [0.29, 0.717) is 12.1 Å². The van der Waals surface area contributed by atoms with Crippen LogP contribution in [0.2, 0.25) is 0 Å². The highest BCUT2D eigenvalue weighted by atomic mass is 16.5. The maximum atomic E-state index is 11.5. The van der Waals surface area contributed by atoms with Crippen LogP contribution in [0.1, 0.15) is 36.3 Å². The molecule has 2 unspecified atom stereocenters. The summed E-state index contributed by atoms with van der Waals surface area (Å²) in [5.74, 6) is -0.332. The van der Waals surface area contributed by atoms with Crippen molar-refractivity contribution in [1.29, 1.82) is 0 Å².